The lowest BCUT2D eigenvalue weighted by molar-refractivity contribution is 0.276. The molecule has 3 aromatic rings. The number of aliphatic hydroxyl groups is 1. The first-order valence-corrected chi connectivity index (χ1v) is 5.97. The monoisotopic (exact) mass is 266 g/mol. The summed E-state index contributed by atoms with van der Waals surface area (Å²) in [4.78, 5) is 0. The summed E-state index contributed by atoms with van der Waals surface area (Å²) in [5.41, 5.74) is 2.78. The van der Waals surface area contributed by atoms with Gasteiger partial charge in [0.2, 0.25) is 0 Å². The third-order valence-corrected chi connectivity index (χ3v) is 3.23. The van der Waals surface area contributed by atoms with Gasteiger partial charge in [0, 0.05) is 6.20 Å². The number of fused-ring (bicyclic) bond motifs is 1. The van der Waals surface area contributed by atoms with E-state index in [9.17, 15) is 0 Å². The first kappa shape index (κ1) is 10.6. The summed E-state index contributed by atoms with van der Waals surface area (Å²) in [5.74, 6) is 0. The molecule has 1 aromatic carbocycles. The highest BCUT2D eigenvalue weighted by molar-refractivity contribution is 7.00. The fourth-order valence-corrected chi connectivity index (χ4v) is 2.38. The lowest BCUT2D eigenvalue weighted by Crippen LogP contribution is -1.98. The molecule has 0 aliphatic rings. The van der Waals surface area contributed by atoms with Crippen LogP contribution in [0, 0.1) is 0 Å². The first-order valence-electron chi connectivity index (χ1n) is 4.86. The maximum absolute atomic E-state index is 9.01. The molecule has 3 rings (SSSR count). The summed E-state index contributed by atoms with van der Waals surface area (Å²) in [5, 5.41) is 13.8. The van der Waals surface area contributed by atoms with Gasteiger partial charge in [0.25, 0.3) is 0 Å². The van der Waals surface area contributed by atoms with Gasteiger partial charge in [0.1, 0.15) is 16.7 Å². The lowest BCUT2D eigenvalue weighted by atomic mass is 10.2. The van der Waals surface area contributed by atoms with Crippen LogP contribution in [0.2, 0.25) is 5.02 Å². The van der Waals surface area contributed by atoms with E-state index in [2.05, 4.69) is 13.8 Å². The molecule has 0 saturated heterocycles. The number of aliphatic hydroxyl groups excluding tert-OH is 1. The summed E-state index contributed by atoms with van der Waals surface area (Å²) >= 11 is 7.29. The van der Waals surface area contributed by atoms with Gasteiger partial charge in [-0.15, -0.1) is 0 Å². The van der Waals surface area contributed by atoms with Crippen molar-refractivity contribution in [1.82, 2.24) is 18.5 Å². The standard InChI is InChI=1S/C10H7ClN4OS/c11-7-1-2-8-9(14-17-13-8)10(7)15-4-3-6(5-16)12-15/h1-4,16H,5H2. The van der Waals surface area contributed by atoms with E-state index in [-0.39, 0.29) is 6.61 Å². The van der Waals surface area contributed by atoms with Gasteiger partial charge in [0.15, 0.2) is 0 Å². The van der Waals surface area contributed by atoms with Gasteiger partial charge in [-0.05, 0) is 18.2 Å². The van der Waals surface area contributed by atoms with Crippen molar-refractivity contribution in [1.29, 1.82) is 0 Å². The van der Waals surface area contributed by atoms with Crippen LogP contribution in [-0.2, 0) is 6.61 Å². The number of hydrogen-bond donors (Lipinski definition) is 1. The van der Waals surface area contributed by atoms with Crippen molar-refractivity contribution in [3.8, 4) is 5.69 Å². The fourth-order valence-electron chi connectivity index (χ4n) is 1.60. The topological polar surface area (TPSA) is 63.8 Å². The Kier molecular flexibility index (Phi) is 2.54. The molecule has 1 N–H and O–H groups in total. The molecule has 0 atom stereocenters. The average molecular weight is 267 g/mol. The second-order valence-corrected chi connectivity index (χ2v) is 4.37. The molecule has 0 aliphatic heterocycles. The molecule has 0 unspecified atom stereocenters. The fraction of sp³-hybridized carbons (Fsp3) is 0.100. The molecule has 0 spiro atoms. The van der Waals surface area contributed by atoms with Gasteiger partial charge in [-0.2, -0.15) is 13.8 Å². The summed E-state index contributed by atoms with van der Waals surface area (Å²) in [6.45, 7) is -0.101. The van der Waals surface area contributed by atoms with Crippen LogP contribution in [0.25, 0.3) is 16.7 Å². The Morgan fingerprint density at radius 1 is 1.29 bits per heavy atom. The number of aromatic nitrogens is 4. The van der Waals surface area contributed by atoms with E-state index in [1.54, 1.807) is 23.0 Å². The molecule has 0 radical (unpaired) electrons. The smallest absolute Gasteiger partial charge is 0.131 e. The van der Waals surface area contributed by atoms with E-state index >= 15 is 0 Å². The van der Waals surface area contributed by atoms with Crippen LogP contribution in [0.3, 0.4) is 0 Å². The molecule has 86 valence electrons. The summed E-state index contributed by atoms with van der Waals surface area (Å²) < 4.78 is 9.98. The number of halogens is 1. The normalized spacial score (nSPS) is 11.2. The van der Waals surface area contributed by atoms with Crippen LogP contribution in [0.15, 0.2) is 24.4 Å². The molecule has 2 aromatic heterocycles. The number of hydrogen-bond acceptors (Lipinski definition) is 5. The molecular formula is C10H7ClN4OS. The third kappa shape index (κ3) is 1.70. The summed E-state index contributed by atoms with van der Waals surface area (Å²) in [7, 11) is 0. The van der Waals surface area contributed by atoms with Crippen molar-refractivity contribution in [3.63, 3.8) is 0 Å². The van der Waals surface area contributed by atoms with Gasteiger partial charge >= 0.3 is 0 Å². The van der Waals surface area contributed by atoms with Crippen LogP contribution in [-0.4, -0.2) is 23.6 Å². The zero-order chi connectivity index (χ0) is 11.8. The maximum atomic E-state index is 9.01. The second-order valence-electron chi connectivity index (χ2n) is 3.44. The summed E-state index contributed by atoms with van der Waals surface area (Å²) in [6, 6.07) is 5.32. The number of nitrogens with zero attached hydrogens (tertiary/aromatic N) is 4. The van der Waals surface area contributed by atoms with Crippen LogP contribution in [0.1, 0.15) is 5.69 Å². The highest BCUT2D eigenvalue weighted by atomic mass is 35.5. The molecule has 17 heavy (non-hydrogen) atoms. The van der Waals surface area contributed by atoms with Crippen LogP contribution in [0.5, 0.6) is 0 Å². The molecule has 2 heterocycles. The minimum absolute atomic E-state index is 0.101. The Bertz CT molecular complexity index is 678. The quantitative estimate of drug-likeness (QED) is 0.771. The maximum Gasteiger partial charge on any atom is 0.131 e. The van der Waals surface area contributed by atoms with Gasteiger partial charge < -0.3 is 5.11 Å². The van der Waals surface area contributed by atoms with Crippen LogP contribution in [0.4, 0.5) is 0 Å². The van der Waals surface area contributed by atoms with Gasteiger partial charge in [-0.1, -0.05) is 11.6 Å². The molecule has 5 nitrogen and oxygen atoms in total. The van der Waals surface area contributed by atoms with Crippen molar-refractivity contribution in [2.75, 3.05) is 0 Å². The van der Waals surface area contributed by atoms with Crippen LogP contribution < -0.4 is 0 Å². The first-order chi connectivity index (χ1) is 8.29. The molecule has 0 bridgehead atoms. The Morgan fingerprint density at radius 3 is 2.94 bits per heavy atom. The molecule has 0 amide bonds. The largest absolute Gasteiger partial charge is 0.390 e. The van der Waals surface area contributed by atoms with E-state index in [1.807, 2.05) is 6.07 Å². The Morgan fingerprint density at radius 2 is 2.18 bits per heavy atom. The number of benzene rings is 1. The Balaban J connectivity index is 2.27. The van der Waals surface area contributed by atoms with Gasteiger partial charge in [-0.3, -0.25) is 0 Å². The van der Waals surface area contributed by atoms with E-state index in [4.69, 9.17) is 16.7 Å². The Labute approximate surface area is 106 Å². The molecule has 0 saturated carbocycles. The van der Waals surface area contributed by atoms with Crippen molar-refractivity contribution in [2.45, 2.75) is 6.61 Å². The van der Waals surface area contributed by atoms with E-state index in [0.717, 1.165) is 22.8 Å². The van der Waals surface area contributed by atoms with E-state index < -0.39 is 0 Å². The van der Waals surface area contributed by atoms with Crippen LogP contribution >= 0.6 is 23.3 Å². The zero-order valence-corrected chi connectivity index (χ0v) is 10.1. The average Bonchev–Trinajstić information content (AvgIpc) is 2.96. The van der Waals surface area contributed by atoms with Crippen molar-refractivity contribution >= 4 is 34.4 Å². The SMILES string of the molecule is OCc1ccn(-c2c(Cl)ccc3nsnc23)n1. The van der Waals surface area contributed by atoms with E-state index in [1.165, 1.54) is 0 Å². The lowest BCUT2D eigenvalue weighted by Gasteiger charge is -2.04. The predicted molar refractivity (Wildman–Crippen MR) is 65.5 cm³/mol. The number of rotatable bonds is 2. The molecule has 0 aliphatic carbocycles. The van der Waals surface area contributed by atoms with Crippen molar-refractivity contribution in [3.05, 3.63) is 35.1 Å². The summed E-state index contributed by atoms with van der Waals surface area (Å²) in [6.07, 6.45) is 1.74. The minimum Gasteiger partial charge on any atom is -0.390 e. The predicted octanol–water partition coefficient (Wildman–Crippen LogP) is 2.02. The minimum atomic E-state index is -0.101. The highest BCUT2D eigenvalue weighted by Gasteiger charge is 2.12. The highest BCUT2D eigenvalue weighted by Crippen LogP contribution is 2.27. The Hall–Kier alpha value is -1.50. The third-order valence-electron chi connectivity index (χ3n) is 2.39. The second kappa shape index (κ2) is 4.06. The van der Waals surface area contributed by atoms with Gasteiger partial charge in [-0.25, -0.2) is 4.68 Å². The van der Waals surface area contributed by atoms with Crippen molar-refractivity contribution < 1.29 is 5.11 Å². The zero-order valence-electron chi connectivity index (χ0n) is 8.54. The van der Waals surface area contributed by atoms with Gasteiger partial charge in [0.05, 0.1) is 29.1 Å². The van der Waals surface area contributed by atoms with Crippen molar-refractivity contribution in [2.24, 2.45) is 0 Å². The molecule has 7 heteroatoms. The molecular weight excluding hydrogens is 260 g/mol. The van der Waals surface area contributed by atoms with E-state index in [0.29, 0.717) is 16.4 Å². The molecule has 0 fully saturated rings.